The first kappa shape index (κ1) is 25.5. The Bertz CT molecular complexity index is 1040. The summed E-state index contributed by atoms with van der Waals surface area (Å²) in [5.41, 5.74) is 1.62. The number of para-hydroxylation sites is 1. The van der Waals surface area contributed by atoms with Gasteiger partial charge in [-0.1, -0.05) is 23.7 Å². The third-order valence-corrected chi connectivity index (χ3v) is 5.37. The maximum atomic E-state index is 12.7. The van der Waals surface area contributed by atoms with Gasteiger partial charge in [-0.25, -0.2) is 0 Å². The highest BCUT2D eigenvalue weighted by Gasteiger charge is 2.25. The molecule has 1 aliphatic heterocycles. The summed E-state index contributed by atoms with van der Waals surface area (Å²) in [4.78, 5) is 27.1. The summed E-state index contributed by atoms with van der Waals surface area (Å²) in [6.45, 7) is 8.59. The number of carbonyl (C=O) groups excluding carboxylic acids is 2. The molecule has 2 aromatic rings. The maximum absolute atomic E-state index is 12.7. The number of halogens is 1. The molecule has 34 heavy (non-hydrogen) atoms. The van der Waals surface area contributed by atoms with Crippen LogP contribution in [0.5, 0.6) is 11.5 Å². The van der Waals surface area contributed by atoms with Gasteiger partial charge in [0.15, 0.2) is 5.78 Å². The van der Waals surface area contributed by atoms with Crippen molar-refractivity contribution in [3.63, 3.8) is 0 Å². The van der Waals surface area contributed by atoms with E-state index in [9.17, 15) is 9.59 Å². The van der Waals surface area contributed by atoms with Crippen molar-refractivity contribution in [2.75, 3.05) is 49.7 Å². The van der Waals surface area contributed by atoms with Crippen LogP contribution in [0, 0.1) is 0 Å². The van der Waals surface area contributed by atoms with Crippen LogP contribution in [0.25, 0.3) is 0 Å². The number of hydrogen-bond acceptors (Lipinski definition) is 8. The molecule has 0 bridgehead atoms. The lowest BCUT2D eigenvalue weighted by atomic mass is 10.2. The van der Waals surface area contributed by atoms with Gasteiger partial charge < -0.3 is 24.4 Å². The topological polar surface area (TPSA) is 102 Å². The zero-order valence-corrected chi connectivity index (χ0v) is 20.3. The van der Waals surface area contributed by atoms with E-state index in [2.05, 4.69) is 20.4 Å². The number of Topliss-reactive ketones (excluding diaryl/α,β-unsaturated/α-hetero) is 1. The molecule has 0 saturated carbocycles. The zero-order valence-electron chi connectivity index (χ0n) is 19.5. The second-order valence-electron chi connectivity index (χ2n) is 7.45. The number of nitrogens with zero attached hydrogens (tertiary/aromatic N) is 3. The molecule has 1 heterocycles. The molecule has 182 valence electrons. The number of hydrogen-bond donors (Lipinski definition) is 1. The van der Waals surface area contributed by atoms with Crippen LogP contribution in [0.15, 0.2) is 46.6 Å². The highest BCUT2D eigenvalue weighted by Crippen LogP contribution is 2.41. The van der Waals surface area contributed by atoms with Crippen LogP contribution in [-0.2, 0) is 14.3 Å². The number of anilines is 2. The second kappa shape index (κ2) is 12.3. The number of nitrogens with one attached hydrogen (secondary N) is 1. The van der Waals surface area contributed by atoms with Gasteiger partial charge in [0, 0.05) is 25.2 Å². The van der Waals surface area contributed by atoms with Gasteiger partial charge in [-0.3, -0.25) is 9.59 Å². The fourth-order valence-electron chi connectivity index (χ4n) is 3.41. The molecule has 0 spiro atoms. The Balaban J connectivity index is 1.91. The first-order chi connectivity index (χ1) is 16.4. The Morgan fingerprint density at radius 1 is 1.12 bits per heavy atom. The van der Waals surface area contributed by atoms with Crippen LogP contribution >= 0.6 is 11.6 Å². The average Bonchev–Trinajstić information content (AvgIpc) is 2.82. The SMILES string of the molecule is CCOc1cc(N2CCOCC2)c(OCC)cc1N=N[C@H](C(C)=O)C(=O)Nc1ccccc1Cl. The van der Waals surface area contributed by atoms with Gasteiger partial charge in [0.1, 0.15) is 17.2 Å². The fraction of sp³-hybridized carbons (Fsp3) is 0.417. The summed E-state index contributed by atoms with van der Waals surface area (Å²) in [5.74, 6) is 0.00483. The maximum Gasteiger partial charge on any atom is 0.258 e. The lowest BCUT2D eigenvalue weighted by molar-refractivity contribution is -0.126. The van der Waals surface area contributed by atoms with Crippen molar-refractivity contribution < 1.29 is 23.8 Å². The smallest absolute Gasteiger partial charge is 0.258 e. The largest absolute Gasteiger partial charge is 0.492 e. The van der Waals surface area contributed by atoms with Crippen LogP contribution in [0.1, 0.15) is 20.8 Å². The first-order valence-corrected chi connectivity index (χ1v) is 11.5. The second-order valence-corrected chi connectivity index (χ2v) is 7.86. The van der Waals surface area contributed by atoms with E-state index in [0.29, 0.717) is 54.3 Å². The minimum atomic E-state index is -1.35. The number of morpholine rings is 1. The minimum Gasteiger partial charge on any atom is -0.492 e. The number of ether oxygens (including phenoxy) is 3. The van der Waals surface area contributed by atoms with Crippen LogP contribution < -0.4 is 19.7 Å². The van der Waals surface area contributed by atoms with E-state index in [0.717, 1.165) is 18.8 Å². The molecule has 2 aromatic carbocycles. The highest BCUT2D eigenvalue weighted by molar-refractivity contribution is 6.33. The van der Waals surface area contributed by atoms with Crippen LogP contribution in [-0.4, -0.2) is 57.2 Å². The molecule has 1 aliphatic rings. The molecule has 1 amide bonds. The van der Waals surface area contributed by atoms with Crippen molar-refractivity contribution in [2.45, 2.75) is 26.8 Å². The van der Waals surface area contributed by atoms with Crippen LogP contribution in [0.4, 0.5) is 17.1 Å². The van der Waals surface area contributed by atoms with Gasteiger partial charge >= 0.3 is 0 Å². The molecule has 1 atom stereocenters. The Morgan fingerprint density at radius 2 is 1.79 bits per heavy atom. The Kier molecular flexibility index (Phi) is 9.24. The van der Waals surface area contributed by atoms with E-state index >= 15 is 0 Å². The van der Waals surface area contributed by atoms with Gasteiger partial charge in [0.25, 0.3) is 5.91 Å². The molecule has 10 heteroatoms. The van der Waals surface area contributed by atoms with Crippen LogP contribution in [0.3, 0.4) is 0 Å². The number of carbonyl (C=O) groups is 2. The van der Waals surface area contributed by atoms with Crippen molar-refractivity contribution in [1.29, 1.82) is 0 Å². The van der Waals surface area contributed by atoms with E-state index < -0.39 is 17.7 Å². The Morgan fingerprint density at radius 3 is 2.44 bits per heavy atom. The van der Waals surface area contributed by atoms with Gasteiger partial charge in [-0.2, -0.15) is 10.2 Å². The van der Waals surface area contributed by atoms with Gasteiger partial charge in [-0.05, 0) is 32.9 Å². The third-order valence-electron chi connectivity index (χ3n) is 5.04. The van der Waals surface area contributed by atoms with Crippen LogP contribution in [0.2, 0.25) is 5.02 Å². The van der Waals surface area contributed by atoms with Crippen molar-refractivity contribution >= 4 is 40.4 Å². The predicted octanol–water partition coefficient (Wildman–Crippen LogP) is 4.65. The molecule has 0 aliphatic carbocycles. The van der Waals surface area contributed by atoms with E-state index in [1.807, 2.05) is 19.9 Å². The molecule has 1 fully saturated rings. The zero-order chi connectivity index (χ0) is 24.5. The number of benzene rings is 2. The summed E-state index contributed by atoms with van der Waals surface area (Å²) in [6, 6.07) is 8.96. The number of rotatable bonds is 10. The lowest BCUT2D eigenvalue weighted by Crippen LogP contribution is -2.36. The molecule has 0 radical (unpaired) electrons. The molecule has 0 unspecified atom stereocenters. The third kappa shape index (κ3) is 6.45. The average molecular weight is 489 g/mol. The van der Waals surface area contributed by atoms with E-state index in [1.165, 1.54) is 6.92 Å². The Labute approximate surface area is 204 Å². The summed E-state index contributed by atoms with van der Waals surface area (Å²) in [5, 5.41) is 11.3. The highest BCUT2D eigenvalue weighted by atomic mass is 35.5. The molecular formula is C24H29ClN4O5. The number of ketones is 1. The fourth-order valence-corrected chi connectivity index (χ4v) is 3.60. The molecule has 1 N–H and O–H groups in total. The molecule has 3 rings (SSSR count). The predicted molar refractivity (Wildman–Crippen MR) is 131 cm³/mol. The lowest BCUT2D eigenvalue weighted by Gasteiger charge is -2.30. The van der Waals surface area contributed by atoms with E-state index in [4.69, 9.17) is 25.8 Å². The Hall–Kier alpha value is -3.17. The van der Waals surface area contributed by atoms with E-state index in [1.54, 1.807) is 30.3 Å². The van der Waals surface area contributed by atoms with Crippen molar-refractivity contribution in [1.82, 2.24) is 0 Å². The van der Waals surface area contributed by atoms with E-state index in [-0.39, 0.29) is 0 Å². The van der Waals surface area contributed by atoms with Crippen molar-refractivity contribution in [3.8, 4) is 11.5 Å². The summed E-state index contributed by atoms with van der Waals surface area (Å²) < 4.78 is 17.1. The monoisotopic (exact) mass is 488 g/mol. The molecule has 9 nitrogen and oxygen atoms in total. The summed E-state index contributed by atoms with van der Waals surface area (Å²) in [7, 11) is 0. The summed E-state index contributed by atoms with van der Waals surface area (Å²) in [6.07, 6.45) is 0. The summed E-state index contributed by atoms with van der Waals surface area (Å²) >= 11 is 6.11. The quantitative estimate of drug-likeness (QED) is 0.385. The molecule has 1 saturated heterocycles. The standard InChI is InChI=1S/C24H29ClN4O5/c1-4-33-21-15-20(29-10-12-32-13-11-29)22(34-5-2)14-19(21)27-28-23(16(3)30)24(31)26-18-9-7-6-8-17(18)25/h6-9,14-15,23H,4-5,10-13H2,1-3H3,(H,26,31)/t23-/m1/s1. The van der Waals surface area contributed by atoms with Gasteiger partial charge in [0.2, 0.25) is 6.04 Å². The van der Waals surface area contributed by atoms with Crippen molar-refractivity contribution in [3.05, 3.63) is 41.4 Å². The normalized spacial score (nSPS) is 14.6. The number of azo groups is 1. The van der Waals surface area contributed by atoms with Gasteiger partial charge in [0.05, 0.1) is 42.8 Å². The first-order valence-electron chi connectivity index (χ1n) is 11.2. The molecule has 0 aromatic heterocycles. The minimum absolute atomic E-state index is 0.355. The van der Waals surface area contributed by atoms with Crippen molar-refractivity contribution in [2.24, 2.45) is 10.2 Å². The number of amides is 1. The molecular weight excluding hydrogens is 460 g/mol. The van der Waals surface area contributed by atoms with Gasteiger partial charge in [-0.15, -0.1) is 0 Å².